The van der Waals surface area contributed by atoms with Crippen LogP contribution in [0.2, 0.25) is 0 Å². The second kappa shape index (κ2) is 11.9. The minimum atomic E-state index is 0.0328. The number of hydrogen-bond acceptors (Lipinski definition) is 4. The number of amides is 1. The van der Waals surface area contributed by atoms with Gasteiger partial charge in [-0.2, -0.15) is 5.26 Å². The van der Waals surface area contributed by atoms with E-state index in [1.807, 2.05) is 69.0 Å². The molecule has 0 aliphatic heterocycles. The average Bonchev–Trinajstić information content (AvgIpc) is 2.73. The van der Waals surface area contributed by atoms with Crippen LogP contribution in [0.5, 0.6) is 11.5 Å². The van der Waals surface area contributed by atoms with Gasteiger partial charge in [0, 0.05) is 17.6 Å². The third-order valence-electron chi connectivity index (χ3n) is 4.74. The maximum atomic E-state index is 12.8. The topological polar surface area (TPSA) is 62.6 Å². The molecule has 0 radical (unpaired) electrons. The fraction of sp³-hybridized carbons (Fsp3) is 0.440. The highest BCUT2D eigenvalue weighted by Gasteiger charge is 2.21. The summed E-state index contributed by atoms with van der Waals surface area (Å²) in [4.78, 5) is 14.7. The first kappa shape index (κ1) is 23.3. The Balaban J connectivity index is 1.71. The first-order valence-corrected chi connectivity index (χ1v) is 10.6. The minimum absolute atomic E-state index is 0.0328. The first-order valence-electron chi connectivity index (χ1n) is 10.6. The molecule has 5 nitrogen and oxygen atoms in total. The van der Waals surface area contributed by atoms with Gasteiger partial charge in [0.25, 0.3) is 5.91 Å². The number of rotatable bonds is 11. The van der Waals surface area contributed by atoms with Crippen LogP contribution in [0.15, 0.2) is 48.5 Å². The van der Waals surface area contributed by atoms with Gasteiger partial charge in [-0.05, 0) is 89.4 Å². The van der Waals surface area contributed by atoms with Crippen LogP contribution < -0.4 is 9.47 Å². The van der Waals surface area contributed by atoms with Crippen LogP contribution in [0.1, 0.15) is 62.9 Å². The van der Waals surface area contributed by atoms with Gasteiger partial charge >= 0.3 is 0 Å². The van der Waals surface area contributed by atoms with Crippen molar-refractivity contribution in [2.24, 2.45) is 0 Å². The molecule has 160 valence electrons. The molecular weight excluding hydrogens is 376 g/mol. The summed E-state index contributed by atoms with van der Waals surface area (Å²) in [5.41, 5.74) is 1.29. The molecule has 0 aliphatic rings. The van der Waals surface area contributed by atoms with Crippen molar-refractivity contribution in [2.45, 2.75) is 59.0 Å². The van der Waals surface area contributed by atoms with Crippen molar-refractivity contribution in [3.8, 4) is 17.6 Å². The summed E-state index contributed by atoms with van der Waals surface area (Å²) in [6, 6.07) is 16.9. The van der Waals surface area contributed by atoms with E-state index < -0.39 is 0 Å². The molecule has 0 aliphatic carbocycles. The SMILES string of the molecule is CC(C)N(C(=O)c1cccc(OCCCCCOc2ccc(C#N)cc2)c1)C(C)C. The quantitative estimate of drug-likeness (QED) is 0.464. The number of benzene rings is 2. The van der Waals surface area contributed by atoms with E-state index in [-0.39, 0.29) is 18.0 Å². The molecule has 0 bridgehead atoms. The molecule has 0 fully saturated rings. The average molecular weight is 409 g/mol. The molecule has 0 heterocycles. The zero-order chi connectivity index (χ0) is 21.9. The number of ether oxygens (including phenoxy) is 2. The van der Waals surface area contributed by atoms with Crippen molar-refractivity contribution in [3.63, 3.8) is 0 Å². The van der Waals surface area contributed by atoms with Crippen LogP contribution >= 0.6 is 0 Å². The number of carbonyl (C=O) groups is 1. The van der Waals surface area contributed by atoms with E-state index in [4.69, 9.17) is 14.7 Å². The Kier molecular flexibility index (Phi) is 9.21. The molecule has 0 atom stereocenters. The number of hydrogen-bond donors (Lipinski definition) is 0. The largest absolute Gasteiger partial charge is 0.494 e. The molecule has 2 rings (SSSR count). The Labute approximate surface area is 180 Å². The lowest BCUT2D eigenvalue weighted by molar-refractivity contribution is 0.0643. The van der Waals surface area contributed by atoms with E-state index in [9.17, 15) is 4.79 Å². The molecule has 0 spiro atoms. The van der Waals surface area contributed by atoms with Crippen molar-refractivity contribution >= 4 is 5.91 Å². The number of unbranched alkanes of at least 4 members (excludes halogenated alkanes) is 2. The number of nitrogens with zero attached hydrogens (tertiary/aromatic N) is 2. The van der Waals surface area contributed by atoms with Crippen LogP contribution in [0.3, 0.4) is 0 Å². The second-order valence-electron chi connectivity index (χ2n) is 7.82. The summed E-state index contributed by atoms with van der Waals surface area (Å²) in [7, 11) is 0. The van der Waals surface area contributed by atoms with Crippen molar-refractivity contribution < 1.29 is 14.3 Å². The maximum Gasteiger partial charge on any atom is 0.254 e. The van der Waals surface area contributed by atoms with E-state index in [0.29, 0.717) is 24.3 Å². The van der Waals surface area contributed by atoms with Gasteiger partial charge in [0.1, 0.15) is 11.5 Å². The molecule has 0 unspecified atom stereocenters. The Hall–Kier alpha value is -3.00. The molecule has 2 aromatic carbocycles. The van der Waals surface area contributed by atoms with Gasteiger partial charge in [-0.15, -0.1) is 0 Å². The van der Waals surface area contributed by atoms with E-state index >= 15 is 0 Å². The highest BCUT2D eigenvalue weighted by molar-refractivity contribution is 5.95. The highest BCUT2D eigenvalue weighted by Crippen LogP contribution is 2.18. The second-order valence-corrected chi connectivity index (χ2v) is 7.82. The van der Waals surface area contributed by atoms with Crippen LogP contribution in [-0.4, -0.2) is 36.1 Å². The van der Waals surface area contributed by atoms with Crippen LogP contribution in [-0.2, 0) is 0 Å². The molecule has 0 aromatic heterocycles. The highest BCUT2D eigenvalue weighted by atomic mass is 16.5. The van der Waals surface area contributed by atoms with Crippen molar-refractivity contribution in [1.29, 1.82) is 5.26 Å². The zero-order valence-electron chi connectivity index (χ0n) is 18.4. The molecule has 5 heteroatoms. The van der Waals surface area contributed by atoms with Crippen molar-refractivity contribution in [3.05, 3.63) is 59.7 Å². The van der Waals surface area contributed by atoms with E-state index in [0.717, 1.165) is 30.8 Å². The maximum absolute atomic E-state index is 12.8. The van der Waals surface area contributed by atoms with Gasteiger partial charge in [0.15, 0.2) is 0 Å². The molecule has 30 heavy (non-hydrogen) atoms. The molecule has 2 aromatic rings. The first-order chi connectivity index (χ1) is 14.4. The summed E-state index contributed by atoms with van der Waals surface area (Å²) >= 11 is 0. The number of carbonyl (C=O) groups excluding carboxylic acids is 1. The smallest absolute Gasteiger partial charge is 0.254 e. The Bertz CT molecular complexity index is 830. The predicted molar refractivity (Wildman–Crippen MR) is 119 cm³/mol. The molecule has 0 N–H and O–H groups in total. The Morgan fingerprint density at radius 2 is 1.50 bits per heavy atom. The minimum Gasteiger partial charge on any atom is -0.494 e. The van der Waals surface area contributed by atoms with Gasteiger partial charge < -0.3 is 14.4 Å². The van der Waals surface area contributed by atoms with Crippen molar-refractivity contribution in [2.75, 3.05) is 13.2 Å². The number of nitriles is 1. The lowest BCUT2D eigenvalue weighted by atomic mass is 10.1. The van der Waals surface area contributed by atoms with E-state index in [1.165, 1.54) is 0 Å². The van der Waals surface area contributed by atoms with E-state index in [2.05, 4.69) is 6.07 Å². The van der Waals surface area contributed by atoms with Gasteiger partial charge in [0.2, 0.25) is 0 Å². The predicted octanol–water partition coefficient (Wildman–Crippen LogP) is 5.45. The van der Waals surface area contributed by atoms with Crippen molar-refractivity contribution in [1.82, 2.24) is 4.90 Å². The molecular formula is C25H32N2O3. The third kappa shape index (κ3) is 7.11. The summed E-state index contributed by atoms with van der Waals surface area (Å²) < 4.78 is 11.5. The summed E-state index contributed by atoms with van der Waals surface area (Å²) in [5, 5.41) is 8.80. The third-order valence-corrected chi connectivity index (χ3v) is 4.74. The van der Waals surface area contributed by atoms with Gasteiger partial charge in [-0.1, -0.05) is 6.07 Å². The van der Waals surface area contributed by atoms with Crippen LogP contribution in [0.25, 0.3) is 0 Å². The Morgan fingerprint density at radius 3 is 2.07 bits per heavy atom. The van der Waals surface area contributed by atoms with Crippen LogP contribution in [0.4, 0.5) is 0 Å². The van der Waals surface area contributed by atoms with Gasteiger partial charge in [0.05, 0.1) is 24.8 Å². The monoisotopic (exact) mass is 408 g/mol. The fourth-order valence-electron chi connectivity index (χ4n) is 3.32. The van der Waals surface area contributed by atoms with Crippen LogP contribution in [0, 0.1) is 11.3 Å². The fourth-order valence-corrected chi connectivity index (χ4v) is 3.32. The zero-order valence-corrected chi connectivity index (χ0v) is 18.4. The lowest BCUT2D eigenvalue weighted by Gasteiger charge is -2.31. The summed E-state index contributed by atoms with van der Waals surface area (Å²) in [6.07, 6.45) is 2.84. The van der Waals surface area contributed by atoms with Gasteiger partial charge in [-0.25, -0.2) is 0 Å². The normalized spacial score (nSPS) is 10.7. The van der Waals surface area contributed by atoms with E-state index in [1.54, 1.807) is 12.1 Å². The summed E-state index contributed by atoms with van der Waals surface area (Å²) in [6.45, 7) is 9.36. The Morgan fingerprint density at radius 1 is 0.900 bits per heavy atom. The van der Waals surface area contributed by atoms with Gasteiger partial charge in [-0.3, -0.25) is 4.79 Å². The molecule has 1 amide bonds. The molecule has 0 saturated carbocycles. The molecule has 0 saturated heterocycles. The summed E-state index contributed by atoms with van der Waals surface area (Å²) in [5.74, 6) is 1.54. The standard InChI is InChI=1S/C25H32N2O3/c1-19(2)27(20(3)4)25(28)22-9-8-10-24(17-22)30-16-7-5-6-15-29-23-13-11-21(18-26)12-14-23/h8-14,17,19-20H,5-7,15-16H2,1-4H3. The lowest BCUT2D eigenvalue weighted by Crippen LogP contribution is -2.42.